The first-order valence-electron chi connectivity index (χ1n) is 10.5. The molecule has 3 aromatic rings. The van der Waals surface area contributed by atoms with Gasteiger partial charge in [-0.3, -0.25) is 4.31 Å². The van der Waals surface area contributed by atoms with Crippen molar-refractivity contribution in [1.82, 2.24) is 0 Å². The fourth-order valence-corrected chi connectivity index (χ4v) is 6.49. The molecular weight excluding hydrogens is 500 g/mol. The SMILES string of the molecule is CC1CCc2cc(F)ccc2N1S(=O)(=O)c1ccc(CC(=S)Cc2ccc(Cl)c(Cl)c2)cc1. The van der Waals surface area contributed by atoms with Gasteiger partial charge in [0.25, 0.3) is 10.0 Å². The van der Waals surface area contributed by atoms with Gasteiger partial charge in [-0.2, -0.15) is 0 Å². The van der Waals surface area contributed by atoms with Gasteiger partial charge in [0.1, 0.15) is 5.82 Å². The van der Waals surface area contributed by atoms with Crippen LogP contribution in [0.25, 0.3) is 0 Å². The number of rotatable bonds is 6. The van der Waals surface area contributed by atoms with Gasteiger partial charge in [-0.1, -0.05) is 53.6 Å². The lowest BCUT2D eigenvalue weighted by atomic mass is 9.99. The number of aryl methyl sites for hydroxylation is 1. The van der Waals surface area contributed by atoms with E-state index in [0.29, 0.717) is 47.0 Å². The lowest BCUT2D eigenvalue weighted by Gasteiger charge is -2.36. The van der Waals surface area contributed by atoms with Crippen LogP contribution in [0.1, 0.15) is 30.0 Å². The number of thiocarbonyl (C=S) groups is 1. The van der Waals surface area contributed by atoms with E-state index < -0.39 is 10.0 Å². The number of sulfonamides is 1. The van der Waals surface area contributed by atoms with Crippen molar-refractivity contribution in [2.24, 2.45) is 0 Å². The fourth-order valence-electron chi connectivity index (χ4n) is 4.12. The highest BCUT2D eigenvalue weighted by atomic mass is 35.5. The maximum absolute atomic E-state index is 13.7. The predicted octanol–water partition coefficient (Wildman–Crippen LogP) is 6.82. The quantitative estimate of drug-likeness (QED) is 0.334. The molecule has 0 N–H and O–H groups in total. The van der Waals surface area contributed by atoms with Gasteiger partial charge in [0.2, 0.25) is 0 Å². The molecule has 1 heterocycles. The van der Waals surface area contributed by atoms with Crippen LogP contribution in [0.5, 0.6) is 0 Å². The van der Waals surface area contributed by atoms with Crippen LogP contribution in [-0.4, -0.2) is 19.3 Å². The molecule has 33 heavy (non-hydrogen) atoms. The minimum absolute atomic E-state index is 0.200. The topological polar surface area (TPSA) is 37.4 Å². The molecule has 1 atom stereocenters. The van der Waals surface area contributed by atoms with E-state index in [1.54, 1.807) is 42.5 Å². The van der Waals surface area contributed by atoms with Gasteiger partial charge in [0, 0.05) is 23.7 Å². The van der Waals surface area contributed by atoms with E-state index in [0.717, 1.165) is 16.0 Å². The Balaban J connectivity index is 1.52. The van der Waals surface area contributed by atoms with Gasteiger partial charge in [0.05, 0.1) is 20.6 Å². The normalized spacial score (nSPS) is 15.9. The fraction of sp³-hybridized carbons (Fsp3) is 0.240. The number of halogens is 3. The first kappa shape index (κ1) is 24.1. The molecule has 0 aromatic heterocycles. The zero-order valence-corrected chi connectivity index (χ0v) is 21.0. The van der Waals surface area contributed by atoms with Crippen LogP contribution in [0.15, 0.2) is 65.6 Å². The summed E-state index contributed by atoms with van der Waals surface area (Å²) in [6.07, 6.45) is 2.40. The minimum atomic E-state index is -3.79. The van der Waals surface area contributed by atoms with Crippen molar-refractivity contribution < 1.29 is 12.8 Å². The van der Waals surface area contributed by atoms with Gasteiger partial charge in [0.15, 0.2) is 0 Å². The molecule has 8 heteroatoms. The Morgan fingerprint density at radius 2 is 1.67 bits per heavy atom. The van der Waals surface area contributed by atoms with Gasteiger partial charge in [-0.05, 0) is 78.9 Å². The van der Waals surface area contributed by atoms with Crippen LogP contribution >= 0.6 is 35.4 Å². The second-order valence-corrected chi connectivity index (χ2v) is 11.5. The lowest BCUT2D eigenvalue weighted by Crippen LogP contribution is -2.42. The van der Waals surface area contributed by atoms with Gasteiger partial charge < -0.3 is 0 Å². The molecular formula is C25H22Cl2FNO2S2. The highest BCUT2D eigenvalue weighted by Crippen LogP contribution is 2.35. The molecule has 4 rings (SSSR count). The Labute approximate surface area is 209 Å². The largest absolute Gasteiger partial charge is 0.264 e. The Bertz CT molecular complexity index is 1310. The maximum atomic E-state index is 13.7. The molecule has 0 saturated carbocycles. The van der Waals surface area contributed by atoms with Crippen LogP contribution in [0, 0.1) is 5.82 Å². The van der Waals surface area contributed by atoms with E-state index in [1.165, 1.54) is 16.4 Å². The molecule has 3 nitrogen and oxygen atoms in total. The van der Waals surface area contributed by atoms with E-state index >= 15 is 0 Å². The van der Waals surface area contributed by atoms with E-state index in [9.17, 15) is 12.8 Å². The minimum Gasteiger partial charge on any atom is -0.263 e. The van der Waals surface area contributed by atoms with Crippen molar-refractivity contribution >= 4 is 56.0 Å². The molecule has 0 fully saturated rings. The zero-order chi connectivity index (χ0) is 23.8. The van der Waals surface area contributed by atoms with Gasteiger partial charge in [-0.15, -0.1) is 0 Å². The third-order valence-electron chi connectivity index (χ3n) is 5.78. The van der Waals surface area contributed by atoms with Crippen molar-refractivity contribution in [3.63, 3.8) is 0 Å². The highest BCUT2D eigenvalue weighted by molar-refractivity contribution is 7.92. The van der Waals surface area contributed by atoms with Crippen LogP contribution in [0.4, 0.5) is 10.1 Å². The van der Waals surface area contributed by atoms with Crippen LogP contribution in [0.3, 0.4) is 0 Å². The Kier molecular flexibility index (Phi) is 7.10. The van der Waals surface area contributed by atoms with Crippen molar-refractivity contribution in [3.05, 3.63) is 93.2 Å². The van der Waals surface area contributed by atoms with Crippen LogP contribution in [0.2, 0.25) is 10.0 Å². The third-order valence-corrected chi connectivity index (χ3v) is 8.75. The monoisotopic (exact) mass is 521 g/mol. The average molecular weight is 522 g/mol. The molecule has 1 unspecified atom stereocenters. The molecule has 3 aromatic carbocycles. The van der Waals surface area contributed by atoms with E-state index in [2.05, 4.69) is 0 Å². The summed E-state index contributed by atoms with van der Waals surface area (Å²) in [5.74, 6) is -0.359. The Morgan fingerprint density at radius 3 is 2.36 bits per heavy atom. The summed E-state index contributed by atoms with van der Waals surface area (Å²) in [5.41, 5.74) is 3.15. The van der Waals surface area contributed by atoms with Crippen molar-refractivity contribution in [2.45, 2.75) is 43.5 Å². The first-order chi connectivity index (χ1) is 15.6. The average Bonchev–Trinajstić information content (AvgIpc) is 2.76. The predicted molar refractivity (Wildman–Crippen MR) is 137 cm³/mol. The van der Waals surface area contributed by atoms with Gasteiger partial charge >= 0.3 is 0 Å². The van der Waals surface area contributed by atoms with Crippen molar-refractivity contribution in [3.8, 4) is 0 Å². The van der Waals surface area contributed by atoms with Crippen molar-refractivity contribution in [1.29, 1.82) is 0 Å². The number of nitrogens with zero attached hydrogens (tertiary/aromatic N) is 1. The number of hydrogen-bond donors (Lipinski definition) is 0. The lowest BCUT2D eigenvalue weighted by molar-refractivity contribution is 0.560. The van der Waals surface area contributed by atoms with E-state index in [-0.39, 0.29) is 16.8 Å². The number of anilines is 1. The molecule has 1 aliphatic heterocycles. The van der Waals surface area contributed by atoms with E-state index in [4.69, 9.17) is 35.4 Å². The van der Waals surface area contributed by atoms with Crippen molar-refractivity contribution in [2.75, 3.05) is 4.31 Å². The summed E-state index contributed by atoms with van der Waals surface area (Å²) >= 11 is 17.6. The maximum Gasteiger partial charge on any atom is 0.264 e. The number of hydrogen-bond acceptors (Lipinski definition) is 3. The summed E-state index contributed by atoms with van der Waals surface area (Å²) < 4.78 is 42.0. The van der Waals surface area contributed by atoms with Gasteiger partial charge in [-0.25, -0.2) is 12.8 Å². The van der Waals surface area contributed by atoms with Crippen LogP contribution < -0.4 is 4.31 Å². The first-order valence-corrected chi connectivity index (χ1v) is 13.1. The van der Waals surface area contributed by atoms with E-state index in [1.807, 2.05) is 13.0 Å². The second-order valence-electron chi connectivity index (χ2n) is 8.25. The summed E-state index contributed by atoms with van der Waals surface area (Å²) in [4.78, 5) is 1.01. The number of benzene rings is 3. The summed E-state index contributed by atoms with van der Waals surface area (Å²) in [6, 6.07) is 16.3. The smallest absolute Gasteiger partial charge is 0.263 e. The molecule has 0 amide bonds. The molecule has 0 bridgehead atoms. The summed E-state index contributed by atoms with van der Waals surface area (Å²) in [5, 5.41) is 0.988. The second kappa shape index (κ2) is 9.71. The molecule has 0 saturated heterocycles. The molecule has 0 aliphatic carbocycles. The highest BCUT2D eigenvalue weighted by Gasteiger charge is 2.33. The number of fused-ring (bicyclic) bond motifs is 1. The summed E-state index contributed by atoms with van der Waals surface area (Å²) in [7, 11) is -3.79. The van der Waals surface area contributed by atoms with Crippen LogP contribution in [-0.2, 0) is 29.3 Å². The molecule has 0 radical (unpaired) electrons. The molecule has 0 spiro atoms. The Morgan fingerprint density at radius 1 is 1.00 bits per heavy atom. The molecule has 1 aliphatic rings. The zero-order valence-electron chi connectivity index (χ0n) is 17.9. The Hall–Kier alpha value is -1.99. The third kappa shape index (κ3) is 5.24. The standard InChI is InChI=1S/C25H22Cl2FNO2S2/c1-16-2-6-19-15-20(28)7-11-25(19)29(16)33(30,31)22-8-3-17(4-9-22)12-21(32)13-18-5-10-23(26)24(27)14-18/h3-5,7-11,14-16H,2,6,12-13H2,1H3. The summed E-state index contributed by atoms with van der Waals surface area (Å²) in [6.45, 7) is 1.87. The molecule has 172 valence electrons.